The van der Waals surface area contributed by atoms with E-state index in [1.165, 1.54) is 0 Å². The molecular formula is C13H19N3O. The predicted molar refractivity (Wildman–Crippen MR) is 67.8 cm³/mol. The Bertz CT molecular complexity index is 370. The lowest BCUT2D eigenvalue weighted by atomic mass is 9.94. The lowest BCUT2D eigenvalue weighted by Gasteiger charge is -2.24. The highest BCUT2D eigenvalue weighted by atomic mass is 16.6. The van der Waals surface area contributed by atoms with E-state index in [1.807, 2.05) is 19.1 Å². The predicted octanol–water partition coefficient (Wildman–Crippen LogP) is 2.09. The fourth-order valence-corrected chi connectivity index (χ4v) is 1.98. The third-order valence-electron chi connectivity index (χ3n) is 3.14. The topological polar surface area (TPSA) is 60.5 Å². The number of pyridine rings is 1. The normalized spacial score (nSPS) is 25.6. The Morgan fingerprint density at radius 3 is 2.82 bits per heavy atom. The van der Waals surface area contributed by atoms with Crippen molar-refractivity contribution in [2.24, 2.45) is 10.9 Å². The highest BCUT2D eigenvalue weighted by molar-refractivity contribution is 5.97. The van der Waals surface area contributed by atoms with E-state index in [4.69, 9.17) is 10.6 Å². The Kier molecular flexibility index (Phi) is 4.09. The summed E-state index contributed by atoms with van der Waals surface area (Å²) in [6, 6.07) is 4.22. The molecule has 0 radical (unpaired) electrons. The molecule has 0 aliphatic heterocycles. The van der Waals surface area contributed by atoms with Gasteiger partial charge in [-0.2, -0.15) is 0 Å². The molecule has 1 saturated carbocycles. The van der Waals surface area contributed by atoms with Gasteiger partial charge in [-0.05, 0) is 44.7 Å². The van der Waals surface area contributed by atoms with E-state index in [0.717, 1.165) is 37.0 Å². The second-order valence-corrected chi connectivity index (χ2v) is 4.56. The van der Waals surface area contributed by atoms with Crippen LogP contribution in [0.5, 0.6) is 0 Å². The fraction of sp³-hybridized carbons (Fsp3) is 0.538. The van der Waals surface area contributed by atoms with Gasteiger partial charge in [-0.3, -0.25) is 4.98 Å². The molecule has 0 unspecified atom stereocenters. The molecule has 1 aliphatic rings. The first kappa shape index (κ1) is 12.0. The van der Waals surface area contributed by atoms with Crippen molar-refractivity contribution in [2.45, 2.75) is 44.8 Å². The van der Waals surface area contributed by atoms with E-state index in [-0.39, 0.29) is 6.10 Å². The quantitative estimate of drug-likeness (QED) is 0.642. The summed E-state index contributed by atoms with van der Waals surface area (Å²) in [4.78, 5) is 9.61. The molecule has 92 valence electrons. The molecule has 0 bridgehead atoms. The van der Waals surface area contributed by atoms with E-state index in [9.17, 15) is 0 Å². The Morgan fingerprint density at radius 2 is 2.18 bits per heavy atom. The van der Waals surface area contributed by atoms with Crippen LogP contribution >= 0.6 is 0 Å². The van der Waals surface area contributed by atoms with Gasteiger partial charge in [0, 0.05) is 24.0 Å². The Hall–Kier alpha value is -1.42. The van der Waals surface area contributed by atoms with Gasteiger partial charge in [-0.15, -0.1) is 0 Å². The SMILES string of the molecule is CC(=NOC1CCC(N)CC1)c1cccnc1. The molecular weight excluding hydrogens is 214 g/mol. The van der Waals surface area contributed by atoms with Gasteiger partial charge in [-0.1, -0.05) is 5.16 Å². The highest BCUT2D eigenvalue weighted by Crippen LogP contribution is 2.20. The average Bonchev–Trinajstić information content (AvgIpc) is 2.39. The number of nitrogens with zero attached hydrogens (tertiary/aromatic N) is 2. The van der Waals surface area contributed by atoms with Crippen LogP contribution in [0.25, 0.3) is 0 Å². The molecule has 1 fully saturated rings. The monoisotopic (exact) mass is 233 g/mol. The van der Waals surface area contributed by atoms with E-state index in [2.05, 4.69) is 10.1 Å². The molecule has 1 aromatic heterocycles. The second-order valence-electron chi connectivity index (χ2n) is 4.56. The Balaban J connectivity index is 1.88. The first-order valence-corrected chi connectivity index (χ1v) is 6.12. The van der Waals surface area contributed by atoms with Crippen molar-refractivity contribution in [2.75, 3.05) is 0 Å². The van der Waals surface area contributed by atoms with Crippen LogP contribution in [0, 0.1) is 0 Å². The minimum absolute atomic E-state index is 0.224. The number of hydrogen-bond donors (Lipinski definition) is 1. The molecule has 2 rings (SSSR count). The minimum atomic E-state index is 0.224. The van der Waals surface area contributed by atoms with Gasteiger partial charge in [0.1, 0.15) is 6.10 Å². The van der Waals surface area contributed by atoms with Crippen LogP contribution in [-0.2, 0) is 4.84 Å². The molecule has 4 heteroatoms. The molecule has 1 aliphatic carbocycles. The van der Waals surface area contributed by atoms with E-state index in [1.54, 1.807) is 12.4 Å². The van der Waals surface area contributed by atoms with Crippen molar-refractivity contribution in [1.82, 2.24) is 4.98 Å². The minimum Gasteiger partial charge on any atom is -0.392 e. The zero-order valence-corrected chi connectivity index (χ0v) is 10.2. The maximum absolute atomic E-state index is 5.84. The van der Waals surface area contributed by atoms with Gasteiger partial charge in [0.15, 0.2) is 0 Å². The Morgan fingerprint density at radius 1 is 1.41 bits per heavy atom. The van der Waals surface area contributed by atoms with Crippen molar-refractivity contribution in [3.63, 3.8) is 0 Å². The molecule has 1 heterocycles. The summed E-state index contributed by atoms with van der Waals surface area (Å²) < 4.78 is 0. The standard InChI is InChI=1S/C13H19N3O/c1-10(11-3-2-8-15-9-11)16-17-13-6-4-12(14)5-7-13/h2-3,8-9,12-13H,4-7,14H2,1H3. The molecule has 1 aromatic rings. The number of nitrogens with two attached hydrogens (primary N) is 1. The summed E-state index contributed by atoms with van der Waals surface area (Å²) in [6.07, 6.45) is 7.84. The zero-order chi connectivity index (χ0) is 12.1. The van der Waals surface area contributed by atoms with Crippen molar-refractivity contribution in [3.8, 4) is 0 Å². The van der Waals surface area contributed by atoms with Crippen LogP contribution in [0.3, 0.4) is 0 Å². The molecule has 0 spiro atoms. The van der Waals surface area contributed by atoms with Gasteiger partial charge < -0.3 is 10.6 Å². The average molecular weight is 233 g/mol. The summed E-state index contributed by atoms with van der Waals surface area (Å²) >= 11 is 0. The smallest absolute Gasteiger partial charge is 0.127 e. The van der Waals surface area contributed by atoms with Crippen LogP contribution in [0.1, 0.15) is 38.2 Å². The molecule has 0 saturated heterocycles. The van der Waals surface area contributed by atoms with Crippen molar-refractivity contribution < 1.29 is 4.84 Å². The number of oxime groups is 1. The summed E-state index contributed by atoms with van der Waals surface area (Å²) in [5.74, 6) is 0. The Labute approximate surface area is 102 Å². The summed E-state index contributed by atoms with van der Waals surface area (Å²) in [6.45, 7) is 1.94. The number of aromatic nitrogens is 1. The maximum atomic E-state index is 5.84. The van der Waals surface area contributed by atoms with Crippen LogP contribution in [0.2, 0.25) is 0 Å². The number of rotatable bonds is 3. The maximum Gasteiger partial charge on any atom is 0.127 e. The third kappa shape index (κ3) is 3.53. The summed E-state index contributed by atoms with van der Waals surface area (Å²) in [7, 11) is 0. The zero-order valence-electron chi connectivity index (χ0n) is 10.2. The molecule has 17 heavy (non-hydrogen) atoms. The highest BCUT2D eigenvalue weighted by Gasteiger charge is 2.19. The molecule has 4 nitrogen and oxygen atoms in total. The third-order valence-corrected chi connectivity index (χ3v) is 3.14. The van der Waals surface area contributed by atoms with Gasteiger partial charge in [-0.25, -0.2) is 0 Å². The van der Waals surface area contributed by atoms with E-state index in [0.29, 0.717) is 6.04 Å². The van der Waals surface area contributed by atoms with Gasteiger partial charge in [0.25, 0.3) is 0 Å². The van der Waals surface area contributed by atoms with Crippen LogP contribution in [0.4, 0.5) is 0 Å². The molecule has 2 N–H and O–H groups in total. The lowest BCUT2D eigenvalue weighted by Crippen LogP contribution is -2.29. The molecule has 0 amide bonds. The summed E-state index contributed by atoms with van der Waals surface area (Å²) in [5.41, 5.74) is 7.71. The van der Waals surface area contributed by atoms with Crippen LogP contribution in [0.15, 0.2) is 29.7 Å². The van der Waals surface area contributed by atoms with Gasteiger partial charge >= 0.3 is 0 Å². The largest absolute Gasteiger partial charge is 0.392 e. The number of hydrogen-bond acceptors (Lipinski definition) is 4. The first-order valence-electron chi connectivity index (χ1n) is 6.12. The second kappa shape index (κ2) is 5.77. The first-order chi connectivity index (χ1) is 8.25. The molecule has 0 atom stereocenters. The van der Waals surface area contributed by atoms with Gasteiger partial charge in [0.05, 0.1) is 5.71 Å². The van der Waals surface area contributed by atoms with E-state index < -0.39 is 0 Å². The fourth-order valence-electron chi connectivity index (χ4n) is 1.98. The van der Waals surface area contributed by atoms with Crippen molar-refractivity contribution in [3.05, 3.63) is 30.1 Å². The van der Waals surface area contributed by atoms with Crippen molar-refractivity contribution in [1.29, 1.82) is 0 Å². The lowest BCUT2D eigenvalue weighted by molar-refractivity contribution is 0.0295. The van der Waals surface area contributed by atoms with E-state index >= 15 is 0 Å². The molecule has 0 aromatic carbocycles. The van der Waals surface area contributed by atoms with Gasteiger partial charge in [0.2, 0.25) is 0 Å². The van der Waals surface area contributed by atoms with Crippen LogP contribution < -0.4 is 5.73 Å². The van der Waals surface area contributed by atoms with Crippen molar-refractivity contribution >= 4 is 5.71 Å². The summed E-state index contributed by atoms with van der Waals surface area (Å²) in [5, 5.41) is 4.18. The van der Waals surface area contributed by atoms with Crippen LogP contribution in [-0.4, -0.2) is 22.8 Å².